The zero-order valence-electron chi connectivity index (χ0n) is 59.5. The van der Waals surface area contributed by atoms with Gasteiger partial charge >= 0.3 is 0 Å². The zero-order valence-corrected chi connectivity index (χ0v) is 59.5. The molecule has 0 aromatic rings. The topological polar surface area (TPSA) is 307 Å². The van der Waals surface area contributed by atoms with Crippen LogP contribution in [0.3, 0.4) is 0 Å². The Hall–Kier alpha value is -3.29. The molecule has 3 rings (SSSR count). The Bertz CT molecular complexity index is 2130. The third kappa shape index (κ3) is 39.1. The molecule has 97 heavy (non-hydrogen) atoms. The Kier molecular flexibility index (Phi) is 52.8. The van der Waals surface area contributed by atoms with Crippen molar-refractivity contribution in [2.75, 3.05) is 26.4 Å². The van der Waals surface area contributed by atoms with Crippen LogP contribution in [0.5, 0.6) is 0 Å². The van der Waals surface area contributed by atoms with Crippen LogP contribution in [-0.4, -0.2) is 193 Å². The molecule has 19 nitrogen and oxygen atoms in total. The number of carbonyl (C=O) groups excluding carboxylic acids is 1. The van der Waals surface area contributed by atoms with Gasteiger partial charge in [0.25, 0.3) is 0 Å². The Morgan fingerprint density at radius 1 is 0.381 bits per heavy atom. The van der Waals surface area contributed by atoms with Crippen molar-refractivity contribution in [2.45, 2.75) is 362 Å². The van der Waals surface area contributed by atoms with Gasteiger partial charge in [0.2, 0.25) is 5.91 Å². The molecule has 3 fully saturated rings. The number of allylic oxidation sites excluding steroid dienone is 15. The van der Waals surface area contributed by atoms with Crippen LogP contribution >= 0.6 is 0 Å². The molecule has 0 bridgehead atoms. The summed E-state index contributed by atoms with van der Waals surface area (Å²) in [6, 6.07) is -1.01. The highest BCUT2D eigenvalue weighted by Crippen LogP contribution is 2.33. The summed E-state index contributed by atoms with van der Waals surface area (Å²) < 4.78 is 34.4. The summed E-state index contributed by atoms with van der Waals surface area (Å²) >= 11 is 0. The van der Waals surface area contributed by atoms with Crippen molar-refractivity contribution in [3.05, 3.63) is 97.2 Å². The standard InChI is InChI=1S/C78H135NO18/c1-3-5-7-9-11-13-15-17-19-21-23-25-27-29-30-32-33-35-37-39-41-43-45-47-49-51-53-55-62(83)61(79-66(84)56-54-52-50-48-46-44-42-40-38-36-34-31-28-26-24-22-20-18-16-14-12-10-8-6-4-2)60-92-76-72(90)69(87)74(64(58-81)94-76)97-78-73(91)70(88)75(65(59-82)95-78)96-77-71(89)68(86)67(85)63(57-80)93-77/h6,8,12,14,18,20,24,26,31,34,37,39,45,47,53,55,61-65,67-78,80-83,85-91H,3-5,7,9-11,13,15-17,19,21-23,25,27-30,32-33,35-36,38,40-44,46,48-52,54,56-60H2,1-2H3,(H,79,84)/b8-6-,14-12-,20-18-,26-24-,34-31-,39-37+,47-45+,55-53+. The van der Waals surface area contributed by atoms with Gasteiger partial charge < -0.3 is 89.9 Å². The van der Waals surface area contributed by atoms with E-state index in [9.17, 15) is 61.0 Å². The highest BCUT2D eigenvalue weighted by molar-refractivity contribution is 5.76. The first kappa shape index (κ1) is 87.9. The van der Waals surface area contributed by atoms with E-state index in [4.69, 9.17) is 28.4 Å². The molecule has 0 radical (unpaired) electrons. The van der Waals surface area contributed by atoms with Crippen LogP contribution in [0.4, 0.5) is 0 Å². The molecule has 0 saturated carbocycles. The highest BCUT2D eigenvalue weighted by atomic mass is 16.8. The van der Waals surface area contributed by atoms with Gasteiger partial charge in [-0.2, -0.15) is 0 Å². The number of carbonyl (C=O) groups is 1. The molecular weight excluding hydrogens is 1240 g/mol. The number of unbranched alkanes of at least 4 members (excludes halogenated alkanes) is 28. The van der Waals surface area contributed by atoms with Crippen molar-refractivity contribution in [1.29, 1.82) is 0 Å². The predicted molar refractivity (Wildman–Crippen MR) is 383 cm³/mol. The number of rotatable bonds is 58. The minimum Gasteiger partial charge on any atom is -0.394 e. The third-order valence-corrected chi connectivity index (χ3v) is 18.3. The van der Waals surface area contributed by atoms with Gasteiger partial charge in [0.15, 0.2) is 18.9 Å². The Labute approximate surface area is 583 Å². The smallest absolute Gasteiger partial charge is 0.220 e. The summed E-state index contributed by atoms with van der Waals surface area (Å²) in [6.07, 6.45) is 51.0. The monoisotopic (exact) mass is 1370 g/mol. The lowest BCUT2D eigenvalue weighted by atomic mass is 9.96. The largest absolute Gasteiger partial charge is 0.394 e. The number of nitrogens with one attached hydrogen (secondary N) is 1. The van der Waals surface area contributed by atoms with Crippen LogP contribution in [0.1, 0.15) is 258 Å². The summed E-state index contributed by atoms with van der Waals surface area (Å²) in [5.41, 5.74) is 0. The molecule has 0 aromatic heterocycles. The molecule has 1 amide bonds. The molecular formula is C78H135NO18. The molecule has 3 saturated heterocycles. The minimum atomic E-state index is -1.99. The van der Waals surface area contributed by atoms with Gasteiger partial charge in [0.1, 0.15) is 73.2 Å². The van der Waals surface area contributed by atoms with Gasteiger partial charge in [0.05, 0.1) is 38.6 Å². The van der Waals surface area contributed by atoms with Crippen molar-refractivity contribution in [2.24, 2.45) is 0 Å². The molecule has 19 heteroatoms. The van der Waals surface area contributed by atoms with Gasteiger partial charge in [-0.25, -0.2) is 0 Å². The van der Waals surface area contributed by atoms with E-state index < -0.39 is 124 Å². The normalized spacial score (nSPS) is 27.5. The van der Waals surface area contributed by atoms with Crippen molar-refractivity contribution in [3.63, 3.8) is 0 Å². The summed E-state index contributed by atoms with van der Waals surface area (Å²) in [7, 11) is 0. The summed E-state index contributed by atoms with van der Waals surface area (Å²) in [5, 5.41) is 121. The van der Waals surface area contributed by atoms with Gasteiger partial charge in [-0.15, -0.1) is 0 Å². The Morgan fingerprint density at radius 3 is 1.15 bits per heavy atom. The molecule has 12 N–H and O–H groups in total. The van der Waals surface area contributed by atoms with E-state index in [1.807, 2.05) is 6.08 Å². The van der Waals surface area contributed by atoms with Crippen LogP contribution in [-0.2, 0) is 33.2 Å². The number of amides is 1. The highest BCUT2D eigenvalue weighted by Gasteiger charge is 2.53. The van der Waals surface area contributed by atoms with E-state index in [0.717, 1.165) is 89.9 Å². The van der Waals surface area contributed by atoms with Crippen molar-refractivity contribution in [3.8, 4) is 0 Å². The molecule has 0 spiro atoms. The van der Waals surface area contributed by atoms with Crippen LogP contribution in [0.15, 0.2) is 97.2 Å². The Balaban J connectivity index is 1.43. The second kappa shape index (κ2) is 58.2. The van der Waals surface area contributed by atoms with Crippen molar-refractivity contribution in [1.82, 2.24) is 5.32 Å². The van der Waals surface area contributed by atoms with E-state index in [1.54, 1.807) is 6.08 Å². The third-order valence-electron chi connectivity index (χ3n) is 18.3. The average molecular weight is 1370 g/mol. The maximum absolute atomic E-state index is 13.4. The summed E-state index contributed by atoms with van der Waals surface area (Å²) in [6.45, 7) is 1.60. The first-order chi connectivity index (χ1) is 47.3. The van der Waals surface area contributed by atoms with Crippen LogP contribution in [0, 0.1) is 0 Å². The maximum atomic E-state index is 13.4. The zero-order chi connectivity index (χ0) is 70.4. The fourth-order valence-corrected chi connectivity index (χ4v) is 12.3. The SMILES string of the molecule is CC/C=C\C/C=C\C/C=C\C/C=C\C/C=C\CCCCCCCCCCCC(=O)NC(COC1OC(CO)C(OC2OC(CO)C(OC3OC(CO)C(O)C(O)C3O)C(O)C2O)C(O)C1O)C(O)/C=C/CC/C=C/CC/C=C/CCCCCCCCCCCCCCCCCCC. The second-order valence-electron chi connectivity index (χ2n) is 26.7. The summed E-state index contributed by atoms with van der Waals surface area (Å²) in [4.78, 5) is 13.4. The first-order valence-corrected chi connectivity index (χ1v) is 38.0. The minimum absolute atomic E-state index is 0.219. The van der Waals surface area contributed by atoms with Gasteiger partial charge in [-0.3, -0.25) is 4.79 Å². The summed E-state index contributed by atoms with van der Waals surface area (Å²) in [5.74, 6) is -0.298. The Morgan fingerprint density at radius 2 is 0.722 bits per heavy atom. The number of aliphatic hydroxyl groups excluding tert-OH is 11. The number of hydrogen-bond acceptors (Lipinski definition) is 18. The maximum Gasteiger partial charge on any atom is 0.220 e. The van der Waals surface area contributed by atoms with E-state index >= 15 is 0 Å². The van der Waals surface area contributed by atoms with Crippen LogP contribution in [0.2, 0.25) is 0 Å². The molecule has 17 unspecified atom stereocenters. The molecule has 3 aliphatic heterocycles. The molecule has 560 valence electrons. The van der Waals surface area contributed by atoms with Crippen LogP contribution < -0.4 is 5.32 Å². The van der Waals surface area contributed by atoms with E-state index in [0.29, 0.717) is 12.8 Å². The molecule has 17 atom stereocenters. The fourth-order valence-electron chi connectivity index (χ4n) is 12.3. The lowest BCUT2D eigenvalue weighted by Gasteiger charge is -2.48. The fraction of sp³-hybridized carbons (Fsp3) is 0.782. The molecule has 3 aliphatic rings. The average Bonchev–Trinajstić information content (AvgIpc) is 0.797. The van der Waals surface area contributed by atoms with Gasteiger partial charge in [-0.1, -0.05) is 259 Å². The quantitative estimate of drug-likeness (QED) is 0.0199. The number of hydrogen-bond donors (Lipinski definition) is 12. The second-order valence-corrected chi connectivity index (χ2v) is 26.7. The van der Waals surface area contributed by atoms with Gasteiger partial charge in [0, 0.05) is 6.42 Å². The first-order valence-electron chi connectivity index (χ1n) is 38.0. The van der Waals surface area contributed by atoms with E-state index in [1.165, 1.54) is 135 Å². The molecule has 0 aromatic carbocycles. The predicted octanol–water partition coefficient (Wildman–Crippen LogP) is 11.6. The van der Waals surface area contributed by atoms with Crippen LogP contribution in [0.25, 0.3) is 0 Å². The van der Waals surface area contributed by atoms with Gasteiger partial charge in [-0.05, 0) is 89.9 Å². The molecule has 0 aliphatic carbocycles. The molecule has 3 heterocycles. The van der Waals surface area contributed by atoms with Crippen molar-refractivity contribution < 1.29 is 89.4 Å². The number of aliphatic hydroxyl groups is 11. The lowest BCUT2D eigenvalue weighted by Crippen LogP contribution is -2.66. The number of ether oxygens (including phenoxy) is 6. The van der Waals surface area contributed by atoms with Crippen molar-refractivity contribution >= 4 is 5.91 Å². The van der Waals surface area contributed by atoms with E-state index in [2.05, 4.69) is 104 Å². The lowest BCUT2D eigenvalue weighted by molar-refractivity contribution is -0.379. The van der Waals surface area contributed by atoms with E-state index in [-0.39, 0.29) is 18.9 Å².